The molecule has 0 unspecified atom stereocenters. The lowest BCUT2D eigenvalue weighted by atomic mass is 10.1. The number of nitrogens with zero attached hydrogens (tertiary/aromatic N) is 1. The molecule has 0 aliphatic heterocycles. The van der Waals surface area contributed by atoms with E-state index in [2.05, 4.69) is 121 Å². The second-order valence-corrected chi connectivity index (χ2v) is 10.5. The van der Waals surface area contributed by atoms with Crippen LogP contribution in [-0.4, -0.2) is 0 Å². The van der Waals surface area contributed by atoms with Crippen LogP contribution in [0, 0.1) is 48.0 Å². The van der Waals surface area contributed by atoms with Gasteiger partial charge in [0.15, 0.2) is 0 Å². The molecule has 5 aromatic carbocycles. The molecule has 2 aliphatic carbocycles. The van der Waals surface area contributed by atoms with E-state index in [1.54, 1.807) is 0 Å². The summed E-state index contributed by atoms with van der Waals surface area (Å²) in [5.41, 5.74) is 3.64. The molecule has 1 heterocycles. The maximum atomic E-state index is 2.39. The Kier molecular flexibility index (Phi) is 3.81. The molecule has 0 saturated carbocycles. The molecular weight excluding hydrogens is 442 g/mol. The van der Waals surface area contributed by atoms with E-state index in [1.165, 1.54) is 73.8 Å². The van der Waals surface area contributed by atoms with Crippen molar-refractivity contribution >= 4 is 38.5 Å². The summed E-state index contributed by atoms with van der Waals surface area (Å²) in [6.07, 6.45) is 0. The third-order valence-electron chi connectivity index (χ3n) is 7.45. The average Bonchev–Trinajstić information content (AvgIpc) is 3.55. The van der Waals surface area contributed by atoms with Gasteiger partial charge < -0.3 is 4.90 Å². The molecule has 35 heavy (non-hydrogen) atoms. The van der Waals surface area contributed by atoms with Gasteiger partial charge in [0.25, 0.3) is 0 Å². The first-order chi connectivity index (χ1) is 17.3. The molecule has 0 spiro atoms. The summed E-state index contributed by atoms with van der Waals surface area (Å²) in [7, 11) is 0. The van der Waals surface area contributed by atoms with E-state index in [9.17, 15) is 0 Å². The fourth-order valence-electron chi connectivity index (χ4n) is 5.87. The first-order valence-electron chi connectivity index (χ1n) is 12.0. The molecule has 2 aliphatic rings. The monoisotopic (exact) mass is 463 g/mol. The smallest absolute Gasteiger partial charge is 0.101 e. The number of anilines is 3. The highest BCUT2D eigenvalue weighted by atomic mass is 32.1. The predicted molar refractivity (Wildman–Crippen MR) is 145 cm³/mol. The van der Waals surface area contributed by atoms with Crippen molar-refractivity contribution in [2.75, 3.05) is 4.90 Å². The Morgan fingerprint density at radius 2 is 1.03 bits per heavy atom. The van der Waals surface area contributed by atoms with Gasteiger partial charge in [0, 0.05) is 26.3 Å². The lowest BCUT2D eigenvalue weighted by molar-refractivity contribution is 1.30. The molecule has 0 bridgehead atoms. The van der Waals surface area contributed by atoms with E-state index >= 15 is 0 Å². The zero-order valence-electron chi connectivity index (χ0n) is 19.2. The molecule has 0 atom stereocenters. The van der Waals surface area contributed by atoms with E-state index in [0.29, 0.717) is 0 Å². The van der Waals surface area contributed by atoms with E-state index in [4.69, 9.17) is 0 Å². The van der Waals surface area contributed by atoms with Gasteiger partial charge in [-0.05, 0) is 74.1 Å². The van der Waals surface area contributed by atoms with Crippen LogP contribution in [0.4, 0.5) is 16.4 Å². The van der Waals surface area contributed by atoms with Crippen LogP contribution in [0.15, 0.2) is 109 Å². The first-order valence-corrected chi connectivity index (χ1v) is 12.9. The third kappa shape index (κ3) is 2.58. The predicted octanol–water partition coefficient (Wildman–Crippen LogP) is 8.45. The zero-order valence-corrected chi connectivity index (χ0v) is 20.1. The Hall–Kier alpha value is -4.14. The van der Waals surface area contributed by atoms with Crippen LogP contribution < -0.4 is 4.90 Å². The van der Waals surface area contributed by atoms with Gasteiger partial charge in [0.1, 0.15) is 5.00 Å². The Morgan fingerprint density at radius 1 is 0.486 bits per heavy atom. The summed E-state index contributed by atoms with van der Waals surface area (Å²) >= 11 is 1.90. The van der Waals surface area contributed by atoms with Gasteiger partial charge in [-0.25, -0.2) is 0 Å². The van der Waals surface area contributed by atoms with E-state index in [1.807, 2.05) is 11.3 Å². The molecule has 6 aromatic rings. The Bertz CT molecular complexity index is 2100. The van der Waals surface area contributed by atoms with E-state index < -0.39 is 0 Å². The average molecular weight is 464 g/mol. The zero-order chi connectivity index (χ0) is 23.1. The highest BCUT2D eigenvalue weighted by Gasteiger charge is 2.18. The molecule has 8 rings (SSSR count). The minimum absolute atomic E-state index is 1.18. The largest absolute Gasteiger partial charge is 0.302 e. The number of para-hydroxylation sites is 1. The SMILES string of the molecule is Cc1ccc(N(c2ccccc2)c2cc3c(s2)=c2ccc4c5c(ccc=3c25)=c2ccccc2=4)cc1. The van der Waals surface area contributed by atoms with Crippen LogP contribution in [0.3, 0.4) is 0 Å². The van der Waals surface area contributed by atoms with Gasteiger partial charge in [-0.2, -0.15) is 0 Å². The summed E-state index contributed by atoms with van der Waals surface area (Å²) in [6, 6.07) is 40.1. The van der Waals surface area contributed by atoms with Crippen LogP contribution in [0.1, 0.15) is 5.56 Å². The third-order valence-corrected chi connectivity index (χ3v) is 8.60. The fraction of sp³-hybridized carbons (Fsp3) is 0.0303. The second-order valence-electron chi connectivity index (χ2n) is 9.45. The molecule has 2 heteroatoms. The van der Waals surface area contributed by atoms with Crippen LogP contribution in [-0.2, 0) is 0 Å². The fourth-order valence-corrected chi connectivity index (χ4v) is 7.12. The van der Waals surface area contributed by atoms with Crippen LogP contribution >= 0.6 is 11.3 Å². The number of aryl methyl sites for hydroxylation is 1. The van der Waals surface area contributed by atoms with Crippen molar-refractivity contribution in [2.24, 2.45) is 0 Å². The highest BCUT2D eigenvalue weighted by Crippen LogP contribution is 2.40. The van der Waals surface area contributed by atoms with Gasteiger partial charge in [-0.1, -0.05) is 84.4 Å². The summed E-state index contributed by atoms with van der Waals surface area (Å²) in [5, 5.41) is 13.6. The van der Waals surface area contributed by atoms with Gasteiger partial charge in [-0.3, -0.25) is 0 Å². The van der Waals surface area contributed by atoms with Crippen molar-refractivity contribution in [1.82, 2.24) is 0 Å². The standard InChI is InChI=1S/C33H21NS/c1-20-11-13-22(14-12-20)34(21-7-3-2-4-8-21)30-19-29-27-16-15-25-23-9-5-6-10-24(23)26-17-18-28(33(29)35-30)32(27)31(25)26/h2-19H,1H3. The molecular formula is C33H21NS. The van der Waals surface area contributed by atoms with Crippen LogP contribution in [0.5, 0.6) is 0 Å². The van der Waals surface area contributed by atoms with Crippen LogP contribution in [0.2, 0.25) is 0 Å². The molecule has 1 aromatic heterocycles. The minimum Gasteiger partial charge on any atom is -0.302 e. The Balaban J connectivity index is 1.47. The lowest BCUT2D eigenvalue weighted by Crippen LogP contribution is -2.08. The number of benzene rings is 5. The maximum Gasteiger partial charge on any atom is 0.101 e. The number of thiophene rings is 1. The van der Waals surface area contributed by atoms with Crippen molar-refractivity contribution in [3.63, 3.8) is 0 Å². The topological polar surface area (TPSA) is 3.24 Å². The van der Waals surface area contributed by atoms with Crippen molar-refractivity contribution < 1.29 is 0 Å². The molecule has 164 valence electrons. The maximum absolute atomic E-state index is 2.39. The summed E-state index contributed by atoms with van der Waals surface area (Å²) in [5.74, 6) is 0. The van der Waals surface area contributed by atoms with Crippen LogP contribution in [0.25, 0.3) is 10.8 Å². The molecule has 0 N–H and O–H groups in total. The van der Waals surface area contributed by atoms with Gasteiger partial charge in [0.2, 0.25) is 0 Å². The lowest BCUT2D eigenvalue weighted by Gasteiger charge is -2.23. The molecule has 0 radical (unpaired) electrons. The number of fused-ring (bicyclic) bond motifs is 2. The van der Waals surface area contributed by atoms with Gasteiger partial charge >= 0.3 is 0 Å². The van der Waals surface area contributed by atoms with Crippen molar-refractivity contribution in [1.29, 1.82) is 0 Å². The van der Waals surface area contributed by atoms with E-state index in [-0.39, 0.29) is 0 Å². The quantitative estimate of drug-likeness (QED) is 0.254. The molecule has 0 fully saturated rings. The van der Waals surface area contributed by atoms with Crippen molar-refractivity contribution in [3.8, 4) is 0 Å². The first kappa shape index (κ1) is 19.2. The Labute approximate surface area is 205 Å². The molecule has 1 nitrogen and oxygen atoms in total. The molecule has 0 saturated heterocycles. The summed E-state index contributed by atoms with van der Waals surface area (Å²) < 4.78 is 1.38. The number of hydrogen-bond donors (Lipinski definition) is 0. The summed E-state index contributed by atoms with van der Waals surface area (Å²) in [6.45, 7) is 2.14. The number of rotatable bonds is 3. The van der Waals surface area contributed by atoms with Crippen molar-refractivity contribution in [3.05, 3.63) is 156 Å². The normalized spacial score (nSPS) is 12.1. The molecule has 0 amide bonds. The minimum atomic E-state index is 1.18. The van der Waals surface area contributed by atoms with Gasteiger partial charge in [-0.15, -0.1) is 11.3 Å². The van der Waals surface area contributed by atoms with E-state index in [0.717, 1.165) is 0 Å². The second kappa shape index (κ2) is 6.94. The van der Waals surface area contributed by atoms with Gasteiger partial charge in [0.05, 0.1) is 0 Å². The summed E-state index contributed by atoms with van der Waals surface area (Å²) in [4.78, 5) is 2.38. The number of hydrogen-bond acceptors (Lipinski definition) is 2. The highest BCUT2D eigenvalue weighted by molar-refractivity contribution is 7.14. The van der Waals surface area contributed by atoms with Crippen molar-refractivity contribution in [2.45, 2.75) is 6.92 Å². The Morgan fingerprint density at radius 3 is 1.71 bits per heavy atom.